The summed E-state index contributed by atoms with van der Waals surface area (Å²) in [5.74, 6) is -1.28. The number of amides is 1. The van der Waals surface area contributed by atoms with Crippen molar-refractivity contribution >= 4 is 23.4 Å². The molecule has 142 valence electrons. The zero-order valence-corrected chi connectivity index (χ0v) is 18.7. The third kappa shape index (κ3) is 4.70. The van der Waals surface area contributed by atoms with Crippen LogP contribution in [-0.2, 0) is 11.2 Å². The van der Waals surface area contributed by atoms with Crippen molar-refractivity contribution in [3.05, 3.63) is 75.7 Å². The van der Waals surface area contributed by atoms with Gasteiger partial charge in [0.05, 0.1) is 16.7 Å². The van der Waals surface area contributed by atoms with E-state index in [0.29, 0.717) is 18.0 Å². The van der Waals surface area contributed by atoms with E-state index in [1.54, 1.807) is 0 Å². The molecule has 2 aromatic carbocycles. The topological polar surface area (TPSA) is 91.4 Å². The van der Waals surface area contributed by atoms with Crippen molar-refractivity contribution in [2.75, 3.05) is 13.2 Å². The Hall–Kier alpha value is -2.19. The second-order valence-electron chi connectivity index (χ2n) is 6.42. The minimum atomic E-state index is -1.30. The quantitative estimate of drug-likeness (QED) is 0.552. The first kappa shape index (κ1) is 21.5. The Balaban J connectivity index is 0.00000240. The number of hydrogen-bond donors (Lipinski definition) is 1. The van der Waals surface area contributed by atoms with Gasteiger partial charge in [0, 0.05) is 24.3 Å². The van der Waals surface area contributed by atoms with Gasteiger partial charge in [0.2, 0.25) is 0 Å². The molecular formula is C21H17N2NaO4S. The number of nitrogens with one attached hydrogen (secondary N) is 1. The normalized spacial score (nSPS) is 11.9. The van der Waals surface area contributed by atoms with E-state index in [0.717, 1.165) is 11.1 Å². The number of carboxylic acid groups (broad SMARTS) is 1. The predicted octanol–water partition coefficient (Wildman–Crippen LogP) is -0.408. The number of fused-ring (bicyclic) bond motifs is 3. The summed E-state index contributed by atoms with van der Waals surface area (Å²) in [7, 11) is 0. The summed E-state index contributed by atoms with van der Waals surface area (Å²) in [5, 5.41) is 15.5. The van der Waals surface area contributed by atoms with Crippen LogP contribution in [0.15, 0.2) is 53.9 Å². The molecule has 0 aliphatic heterocycles. The fourth-order valence-corrected chi connectivity index (χ4v) is 4.21. The number of aromatic carboxylic acids is 1. The first-order valence-electron chi connectivity index (χ1n) is 8.88. The van der Waals surface area contributed by atoms with Gasteiger partial charge in [-0.25, -0.2) is 9.78 Å². The maximum absolute atomic E-state index is 12.1. The number of carboxylic acids is 1. The molecule has 3 aromatic rings. The average Bonchev–Trinajstić information content (AvgIpc) is 3.30. The van der Waals surface area contributed by atoms with Crippen LogP contribution in [0.4, 0.5) is 4.79 Å². The summed E-state index contributed by atoms with van der Waals surface area (Å²) < 4.78 is 5.45. The number of thiazole rings is 1. The molecule has 8 heteroatoms. The molecule has 0 saturated heterocycles. The summed E-state index contributed by atoms with van der Waals surface area (Å²) in [4.78, 5) is 26.7. The first-order valence-corrected chi connectivity index (χ1v) is 9.76. The monoisotopic (exact) mass is 416 g/mol. The van der Waals surface area contributed by atoms with E-state index in [1.807, 2.05) is 24.3 Å². The summed E-state index contributed by atoms with van der Waals surface area (Å²) in [6.07, 6.45) is -0.0687. The summed E-state index contributed by atoms with van der Waals surface area (Å²) in [6.45, 7) is 0.572. The number of alkyl carbamates (subject to hydrolysis) is 1. The van der Waals surface area contributed by atoms with E-state index in [9.17, 15) is 14.7 Å². The van der Waals surface area contributed by atoms with Gasteiger partial charge in [-0.15, -0.1) is 11.3 Å². The van der Waals surface area contributed by atoms with E-state index in [2.05, 4.69) is 34.6 Å². The molecule has 1 aliphatic carbocycles. The Bertz CT molecular complexity index is 991. The van der Waals surface area contributed by atoms with E-state index in [-0.39, 0.29) is 47.8 Å². The molecule has 0 bridgehead atoms. The number of ether oxygens (including phenoxy) is 1. The van der Waals surface area contributed by atoms with Crippen LogP contribution in [0.3, 0.4) is 0 Å². The van der Waals surface area contributed by atoms with Crippen LogP contribution in [0.5, 0.6) is 0 Å². The number of nitrogens with zero attached hydrogens (tertiary/aromatic N) is 1. The predicted molar refractivity (Wildman–Crippen MR) is 103 cm³/mol. The number of benzene rings is 2. The van der Waals surface area contributed by atoms with Crippen LogP contribution in [0.25, 0.3) is 11.1 Å². The molecule has 0 saturated carbocycles. The van der Waals surface area contributed by atoms with Crippen molar-refractivity contribution in [3.63, 3.8) is 0 Å². The number of hydrogen-bond acceptors (Lipinski definition) is 6. The molecule has 0 unspecified atom stereocenters. The minimum absolute atomic E-state index is 0. The smallest absolute Gasteiger partial charge is 0.543 e. The molecule has 1 aromatic heterocycles. The van der Waals surface area contributed by atoms with Crippen molar-refractivity contribution in [2.45, 2.75) is 12.3 Å². The minimum Gasteiger partial charge on any atom is -0.543 e. The molecule has 1 aliphatic rings. The maximum Gasteiger partial charge on any atom is 1.00 e. The Labute approximate surface area is 194 Å². The molecule has 0 spiro atoms. The van der Waals surface area contributed by atoms with Gasteiger partial charge in [-0.1, -0.05) is 48.5 Å². The Morgan fingerprint density at radius 1 is 1.07 bits per heavy atom. The van der Waals surface area contributed by atoms with Crippen molar-refractivity contribution in [1.29, 1.82) is 0 Å². The standard InChI is InChI=1S/C21H18N2O4S.Na/c24-20(25)18-12-28-19(23-18)9-10-22-21(26)27-11-17-15-7-3-1-5-13(15)14-6-2-4-8-16(14)17;/h1-8,12,17H,9-11H2,(H,22,26)(H,24,25);/q;+1/p-1. The molecule has 29 heavy (non-hydrogen) atoms. The van der Waals surface area contributed by atoms with Gasteiger partial charge >= 0.3 is 35.7 Å². The largest absolute Gasteiger partial charge is 1.00 e. The summed E-state index contributed by atoms with van der Waals surface area (Å²) in [6, 6.07) is 16.3. The van der Waals surface area contributed by atoms with Crippen LogP contribution in [-0.4, -0.2) is 30.2 Å². The van der Waals surface area contributed by atoms with Gasteiger partial charge in [0.25, 0.3) is 0 Å². The SMILES string of the molecule is O=C(NCCc1nc(C(=O)[O-])cs1)OCC1c2ccccc2-c2ccccc21.[Na+]. The zero-order chi connectivity index (χ0) is 19.5. The fraction of sp³-hybridized carbons (Fsp3) is 0.190. The zero-order valence-electron chi connectivity index (χ0n) is 15.9. The van der Waals surface area contributed by atoms with Crippen molar-refractivity contribution < 1.29 is 49.0 Å². The second kappa shape index (κ2) is 9.54. The maximum atomic E-state index is 12.1. The van der Waals surface area contributed by atoms with Gasteiger partial charge < -0.3 is 20.0 Å². The van der Waals surface area contributed by atoms with Gasteiger partial charge in [-0.3, -0.25) is 0 Å². The van der Waals surface area contributed by atoms with Crippen molar-refractivity contribution in [3.8, 4) is 11.1 Å². The van der Waals surface area contributed by atoms with Crippen LogP contribution < -0.4 is 40.0 Å². The van der Waals surface area contributed by atoms with Crippen LogP contribution in [0, 0.1) is 0 Å². The van der Waals surface area contributed by atoms with Crippen molar-refractivity contribution in [1.82, 2.24) is 10.3 Å². The molecular weight excluding hydrogens is 399 g/mol. The molecule has 0 radical (unpaired) electrons. The summed E-state index contributed by atoms with van der Waals surface area (Å²) >= 11 is 1.22. The van der Waals surface area contributed by atoms with Crippen LogP contribution >= 0.6 is 11.3 Å². The van der Waals surface area contributed by atoms with E-state index < -0.39 is 12.1 Å². The number of carbonyl (C=O) groups is 2. The third-order valence-electron chi connectivity index (χ3n) is 4.71. The second-order valence-corrected chi connectivity index (χ2v) is 7.36. The first-order chi connectivity index (χ1) is 13.6. The Morgan fingerprint density at radius 3 is 2.28 bits per heavy atom. The molecule has 1 N–H and O–H groups in total. The molecule has 6 nitrogen and oxygen atoms in total. The van der Waals surface area contributed by atoms with Gasteiger partial charge in [-0.2, -0.15) is 0 Å². The van der Waals surface area contributed by atoms with Gasteiger partial charge in [0.1, 0.15) is 6.61 Å². The van der Waals surface area contributed by atoms with E-state index in [1.165, 1.54) is 27.8 Å². The average molecular weight is 416 g/mol. The number of aromatic nitrogens is 1. The fourth-order valence-electron chi connectivity index (χ4n) is 3.44. The molecule has 1 amide bonds. The van der Waals surface area contributed by atoms with Crippen LogP contribution in [0.2, 0.25) is 0 Å². The molecule has 4 rings (SSSR count). The van der Waals surface area contributed by atoms with Crippen LogP contribution in [0.1, 0.15) is 32.5 Å². The molecule has 0 fully saturated rings. The number of carbonyl (C=O) groups excluding carboxylic acids is 2. The van der Waals surface area contributed by atoms with E-state index >= 15 is 0 Å². The van der Waals surface area contributed by atoms with Crippen molar-refractivity contribution in [2.24, 2.45) is 0 Å². The number of rotatable bonds is 6. The Morgan fingerprint density at radius 2 is 1.69 bits per heavy atom. The Kier molecular flexibility index (Phi) is 7.08. The van der Waals surface area contributed by atoms with E-state index in [4.69, 9.17) is 4.74 Å². The summed E-state index contributed by atoms with van der Waals surface area (Å²) in [5.41, 5.74) is 4.60. The van der Waals surface area contributed by atoms with Gasteiger partial charge in [0.15, 0.2) is 0 Å². The molecule has 0 atom stereocenters. The molecule has 1 heterocycles. The van der Waals surface area contributed by atoms with Gasteiger partial charge in [-0.05, 0) is 22.3 Å². The third-order valence-corrected chi connectivity index (χ3v) is 5.62.